The average Bonchev–Trinajstić information content (AvgIpc) is 2.42. The number of rotatable bonds is 9. The van der Waals surface area contributed by atoms with E-state index in [1.165, 1.54) is 4.31 Å². The maximum Gasteiger partial charge on any atom is 0.215 e. The molecule has 0 spiro atoms. The Morgan fingerprint density at radius 2 is 1.62 bits per heavy atom. The Kier molecular flexibility index (Phi) is 6.79. The summed E-state index contributed by atoms with van der Waals surface area (Å²) in [6.45, 7) is 0.694. The van der Waals surface area contributed by atoms with E-state index in [4.69, 9.17) is 5.73 Å². The highest BCUT2D eigenvalue weighted by molar-refractivity contribution is 7.93. The molecule has 8 heteroatoms. The van der Waals surface area contributed by atoms with Crippen molar-refractivity contribution in [1.82, 2.24) is 4.31 Å². The van der Waals surface area contributed by atoms with E-state index in [-0.39, 0.29) is 18.8 Å². The van der Waals surface area contributed by atoms with Gasteiger partial charge < -0.3 is 5.73 Å². The van der Waals surface area contributed by atoms with Crippen molar-refractivity contribution >= 4 is 19.9 Å². The quantitative estimate of drug-likeness (QED) is 0.678. The first-order valence-corrected chi connectivity index (χ1v) is 10.3. The van der Waals surface area contributed by atoms with Crippen LogP contribution in [-0.2, 0) is 26.3 Å². The summed E-state index contributed by atoms with van der Waals surface area (Å²) in [6, 6.07) is 9.51. The molecule has 1 aromatic carbocycles. The first-order valence-electron chi connectivity index (χ1n) is 6.64. The smallest absolute Gasteiger partial charge is 0.215 e. The van der Waals surface area contributed by atoms with E-state index < -0.39 is 25.6 Å². The molecule has 0 radical (unpaired) electrons. The molecule has 0 unspecified atom stereocenters. The number of nitrogens with two attached hydrogens (primary N) is 1. The highest BCUT2D eigenvalue weighted by Crippen LogP contribution is 2.07. The number of hydrogen-bond donors (Lipinski definition) is 1. The van der Waals surface area contributed by atoms with Crippen molar-refractivity contribution in [2.75, 3.05) is 37.4 Å². The third-order valence-corrected chi connectivity index (χ3v) is 6.05. The zero-order valence-electron chi connectivity index (χ0n) is 12.1. The molecule has 0 aliphatic rings. The standard InChI is InChI=1S/C13H22N2O4S2/c1-20(16,17)11-12-21(18,19)15(10-8-14)9-7-13-5-3-2-4-6-13/h2-6H,7-12,14H2,1H3. The van der Waals surface area contributed by atoms with E-state index in [9.17, 15) is 16.8 Å². The van der Waals surface area contributed by atoms with Gasteiger partial charge in [0.25, 0.3) is 0 Å². The van der Waals surface area contributed by atoms with Gasteiger partial charge in [0.2, 0.25) is 10.0 Å². The van der Waals surface area contributed by atoms with Gasteiger partial charge in [-0.05, 0) is 12.0 Å². The van der Waals surface area contributed by atoms with Gasteiger partial charge in [0.15, 0.2) is 0 Å². The molecule has 0 fully saturated rings. The van der Waals surface area contributed by atoms with Crippen molar-refractivity contribution < 1.29 is 16.8 Å². The molecule has 0 amide bonds. The predicted molar refractivity (Wildman–Crippen MR) is 84.3 cm³/mol. The SMILES string of the molecule is CS(=O)(=O)CCS(=O)(=O)N(CCN)CCc1ccccc1. The number of hydrogen-bond acceptors (Lipinski definition) is 5. The minimum atomic E-state index is -3.61. The lowest BCUT2D eigenvalue weighted by atomic mass is 10.1. The molecule has 0 aliphatic carbocycles. The van der Waals surface area contributed by atoms with Crippen molar-refractivity contribution in [2.24, 2.45) is 5.73 Å². The van der Waals surface area contributed by atoms with Gasteiger partial charge in [-0.15, -0.1) is 0 Å². The van der Waals surface area contributed by atoms with Crippen LogP contribution in [0.25, 0.3) is 0 Å². The van der Waals surface area contributed by atoms with E-state index in [0.29, 0.717) is 13.0 Å². The Morgan fingerprint density at radius 1 is 1.00 bits per heavy atom. The van der Waals surface area contributed by atoms with Gasteiger partial charge in [0.1, 0.15) is 9.84 Å². The Hall–Kier alpha value is -0.960. The first-order chi connectivity index (χ1) is 9.74. The van der Waals surface area contributed by atoms with Crippen LogP contribution in [-0.4, -0.2) is 58.5 Å². The van der Waals surface area contributed by atoms with Crippen molar-refractivity contribution in [3.63, 3.8) is 0 Å². The van der Waals surface area contributed by atoms with E-state index in [1.807, 2.05) is 30.3 Å². The van der Waals surface area contributed by atoms with Crippen LogP contribution in [0.2, 0.25) is 0 Å². The average molecular weight is 334 g/mol. The molecule has 2 N–H and O–H groups in total. The molecule has 120 valence electrons. The van der Waals surface area contributed by atoms with Crippen molar-refractivity contribution in [1.29, 1.82) is 0 Å². The van der Waals surface area contributed by atoms with E-state index >= 15 is 0 Å². The summed E-state index contributed by atoms with van der Waals surface area (Å²) in [5.41, 5.74) is 6.48. The Labute approximate surface area is 126 Å². The summed E-state index contributed by atoms with van der Waals surface area (Å²) in [7, 11) is -6.92. The first kappa shape index (κ1) is 18.1. The lowest BCUT2D eigenvalue weighted by Crippen LogP contribution is -2.39. The highest BCUT2D eigenvalue weighted by atomic mass is 32.2. The zero-order chi connectivity index (χ0) is 15.9. The molecule has 0 saturated carbocycles. The van der Waals surface area contributed by atoms with Gasteiger partial charge >= 0.3 is 0 Å². The fourth-order valence-electron chi connectivity index (χ4n) is 1.82. The highest BCUT2D eigenvalue weighted by Gasteiger charge is 2.22. The summed E-state index contributed by atoms with van der Waals surface area (Å²) in [4.78, 5) is 0. The van der Waals surface area contributed by atoms with Crippen LogP contribution >= 0.6 is 0 Å². The molecule has 0 saturated heterocycles. The monoisotopic (exact) mass is 334 g/mol. The van der Waals surface area contributed by atoms with Crippen LogP contribution < -0.4 is 5.73 Å². The Balaban J connectivity index is 2.71. The fourth-order valence-corrected chi connectivity index (χ4v) is 4.88. The van der Waals surface area contributed by atoms with E-state index in [1.54, 1.807) is 0 Å². The van der Waals surface area contributed by atoms with Crippen LogP contribution in [0.1, 0.15) is 5.56 Å². The zero-order valence-corrected chi connectivity index (χ0v) is 13.7. The normalized spacial score (nSPS) is 12.7. The molecule has 6 nitrogen and oxygen atoms in total. The van der Waals surface area contributed by atoms with Crippen LogP contribution in [0.5, 0.6) is 0 Å². The van der Waals surface area contributed by atoms with Gasteiger partial charge in [-0.1, -0.05) is 30.3 Å². The third-order valence-electron chi connectivity index (χ3n) is 2.98. The molecule has 0 atom stereocenters. The van der Waals surface area contributed by atoms with Crippen LogP contribution in [0, 0.1) is 0 Å². The number of sulfonamides is 1. The van der Waals surface area contributed by atoms with Crippen molar-refractivity contribution in [3.8, 4) is 0 Å². The Morgan fingerprint density at radius 3 is 2.14 bits per heavy atom. The molecule has 0 heterocycles. The topological polar surface area (TPSA) is 97.5 Å². The van der Waals surface area contributed by atoms with Gasteiger partial charge in [0, 0.05) is 25.9 Å². The van der Waals surface area contributed by atoms with Gasteiger partial charge in [-0.2, -0.15) is 0 Å². The molecule has 21 heavy (non-hydrogen) atoms. The van der Waals surface area contributed by atoms with Crippen LogP contribution in [0.3, 0.4) is 0 Å². The maximum atomic E-state index is 12.2. The minimum Gasteiger partial charge on any atom is -0.329 e. The molecule has 0 bridgehead atoms. The van der Waals surface area contributed by atoms with E-state index in [2.05, 4.69) is 0 Å². The number of sulfone groups is 1. The lowest BCUT2D eigenvalue weighted by molar-refractivity contribution is 0.422. The van der Waals surface area contributed by atoms with Crippen LogP contribution in [0.4, 0.5) is 0 Å². The maximum absolute atomic E-state index is 12.2. The molecule has 0 aromatic heterocycles. The predicted octanol–water partition coefficient (Wildman–Crippen LogP) is -0.136. The van der Waals surface area contributed by atoms with Gasteiger partial charge in [-0.3, -0.25) is 0 Å². The molecule has 1 rings (SSSR count). The van der Waals surface area contributed by atoms with Gasteiger partial charge in [-0.25, -0.2) is 21.1 Å². The van der Waals surface area contributed by atoms with Crippen molar-refractivity contribution in [3.05, 3.63) is 35.9 Å². The second kappa shape index (κ2) is 7.88. The number of nitrogens with zero attached hydrogens (tertiary/aromatic N) is 1. The van der Waals surface area contributed by atoms with Crippen molar-refractivity contribution in [2.45, 2.75) is 6.42 Å². The largest absolute Gasteiger partial charge is 0.329 e. The van der Waals surface area contributed by atoms with E-state index in [0.717, 1.165) is 11.8 Å². The summed E-state index contributed by atoms with van der Waals surface area (Å²) < 4.78 is 47.9. The summed E-state index contributed by atoms with van der Waals surface area (Å²) in [6.07, 6.45) is 1.60. The number of benzene rings is 1. The molecular weight excluding hydrogens is 312 g/mol. The van der Waals surface area contributed by atoms with Crippen LogP contribution in [0.15, 0.2) is 30.3 Å². The molecule has 0 aliphatic heterocycles. The summed E-state index contributed by atoms with van der Waals surface area (Å²) in [5.74, 6) is -0.775. The molecular formula is C13H22N2O4S2. The van der Waals surface area contributed by atoms with Gasteiger partial charge in [0.05, 0.1) is 11.5 Å². The summed E-state index contributed by atoms with van der Waals surface area (Å²) in [5, 5.41) is 0. The fraction of sp³-hybridized carbons (Fsp3) is 0.538. The minimum absolute atomic E-state index is 0.193. The lowest BCUT2D eigenvalue weighted by Gasteiger charge is -2.21. The second-order valence-corrected chi connectivity index (χ2v) is 9.22. The summed E-state index contributed by atoms with van der Waals surface area (Å²) >= 11 is 0. The second-order valence-electron chi connectivity index (χ2n) is 4.87. The Bertz CT molecular complexity index is 627. The molecule has 1 aromatic rings. The third kappa shape index (κ3) is 7.03.